The van der Waals surface area contributed by atoms with Crippen LogP contribution in [-0.4, -0.2) is 96.4 Å². The number of anilines is 3. The van der Waals surface area contributed by atoms with Gasteiger partial charge in [0, 0.05) is 68.2 Å². The highest BCUT2D eigenvalue weighted by Crippen LogP contribution is 2.34. The second-order valence-electron chi connectivity index (χ2n) is 21.3. The number of hydrogen-bond acceptors (Lipinski definition) is 18. The zero-order valence-electron chi connectivity index (χ0n) is 51.6. The number of ether oxygens (including phenoxy) is 2. The number of aromatic amines is 3. The van der Waals surface area contributed by atoms with Gasteiger partial charge in [-0.25, -0.2) is 29.9 Å². The van der Waals surface area contributed by atoms with Gasteiger partial charge in [0.1, 0.15) is 34.1 Å². The normalized spacial score (nSPS) is 11.0. The Morgan fingerprint density at radius 3 is 1.36 bits per heavy atom. The van der Waals surface area contributed by atoms with Gasteiger partial charge in [-0.15, -0.1) is 35.3 Å². The molecule has 7 heterocycles. The maximum absolute atomic E-state index is 13.0. The maximum Gasteiger partial charge on any atom is 0.255 e. The average Bonchev–Trinajstić information content (AvgIpc) is 2.21. The van der Waals surface area contributed by atoms with Crippen molar-refractivity contribution in [2.24, 2.45) is 0 Å². The highest BCUT2D eigenvalue weighted by molar-refractivity contribution is 7.99. The summed E-state index contributed by atoms with van der Waals surface area (Å²) in [5.41, 5.74) is 10.8. The first-order valence-electron chi connectivity index (χ1n) is 30.2. The van der Waals surface area contributed by atoms with Crippen LogP contribution in [0.15, 0.2) is 192 Å². The lowest BCUT2D eigenvalue weighted by Gasteiger charge is -2.15. The Bertz CT molecular complexity index is 4820. The van der Waals surface area contributed by atoms with Crippen molar-refractivity contribution in [2.45, 2.75) is 78.8 Å². The molecule has 0 atom stereocenters. The van der Waals surface area contributed by atoms with Crippen molar-refractivity contribution in [3.05, 3.63) is 226 Å². The number of amides is 3. The molecule has 0 radical (unpaired) electrons. The lowest BCUT2D eigenvalue weighted by atomic mass is 10.1. The van der Waals surface area contributed by atoms with Crippen molar-refractivity contribution < 1.29 is 23.9 Å². The largest absolute Gasteiger partial charge is 0.490 e. The van der Waals surface area contributed by atoms with Crippen molar-refractivity contribution in [1.82, 2.24) is 65.5 Å². The average molecular weight is 1360 g/mol. The van der Waals surface area contributed by atoms with Gasteiger partial charge in [0.15, 0.2) is 28.4 Å². The van der Waals surface area contributed by atoms with Crippen LogP contribution >= 0.6 is 58.5 Å². The minimum atomic E-state index is -0.218. The summed E-state index contributed by atoms with van der Waals surface area (Å²) < 4.78 is 11.9. The molecule has 0 aliphatic carbocycles. The summed E-state index contributed by atoms with van der Waals surface area (Å²) >= 11 is 16.6. The Morgan fingerprint density at radius 1 is 0.463 bits per heavy atom. The highest BCUT2D eigenvalue weighted by Gasteiger charge is 2.16. The van der Waals surface area contributed by atoms with Crippen molar-refractivity contribution in [2.75, 3.05) is 29.2 Å². The predicted octanol–water partition coefficient (Wildman–Crippen LogP) is 16.2. The topological polar surface area (TPSA) is 282 Å². The van der Waals surface area contributed by atoms with Crippen LogP contribution in [0.3, 0.4) is 0 Å². The molecule has 6 aromatic carbocycles. The molecular formula is C69H62Cl2N16O5S3. The van der Waals surface area contributed by atoms with Crippen LogP contribution in [0.5, 0.6) is 11.5 Å². The molecule has 13 rings (SSSR count). The number of unbranched alkanes of at least 4 members (excludes halogenated alkanes) is 2. The highest BCUT2D eigenvalue weighted by atomic mass is 35.5. The van der Waals surface area contributed by atoms with Crippen molar-refractivity contribution in [3.63, 3.8) is 0 Å². The molecule has 95 heavy (non-hydrogen) atoms. The van der Waals surface area contributed by atoms with Gasteiger partial charge in [-0.05, 0) is 127 Å². The second-order valence-corrected chi connectivity index (χ2v) is 25.0. The number of fused-ring (bicyclic) bond motifs is 4. The molecule has 0 fully saturated rings. The fourth-order valence-corrected chi connectivity index (χ4v) is 12.4. The van der Waals surface area contributed by atoms with E-state index in [1.807, 2.05) is 122 Å². The van der Waals surface area contributed by atoms with E-state index in [4.69, 9.17) is 32.7 Å². The summed E-state index contributed by atoms with van der Waals surface area (Å²) in [7, 11) is 0. The fourth-order valence-electron chi connectivity index (χ4n) is 9.40. The monoisotopic (exact) mass is 1360 g/mol. The molecule has 21 nitrogen and oxygen atoms in total. The zero-order chi connectivity index (χ0) is 65.9. The third kappa shape index (κ3) is 18.0. The molecular weight excluding hydrogens is 1300 g/mol. The Hall–Kier alpha value is -9.98. The van der Waals surface area contributed by atoms with Crippen LogP contribution in [0.25, 0.3) is 44.0 Å². The molecule has 26 heteroatoms. The smallest absolute Gasteiger partial charge is 0.255 e. The molecule has 0 saturated carbocycles. The molecule has 0 aliphatic rings. The first-order chi connectivity index (χ1) is 46.4. The van der Waals surface area contributed by atoms with E-state index in [0.717, 1.165) is 95.9 Å². The van der Waals surface area contributed by atoms with Crippen LogP contribution in [0, 0.1) is 6.92 Å². The molecule has 6 N–H and O–H groups in total. The van der Waals surface area contributed by atoms with Crippen LogP contribution in [0.1, 0.15) is 93.0 Å². The van der Waals surface area contributed by atoms with E-state index in [1.165, 1.54) is 19.0 Å². The first kappa shape index (κ1) is 66.5. The number of nitrogens with zero attached hydrogens (tertiary/aromatic N) is 10. The molecule has 0 saturated heterocycles. The van der Waals surface area contributed by atoms with Gasteiger partial charge in [-0.3, -0.25) is 34.7 Å². The number of benzene rings is 6. The summed E-state index contributed by atoms with van der Waals surface area (Å²) in [5, 5.41) is 36.4. The van der Waals surface area contributed by atoms with Gasteiger partial charge in [0.25, 0.3) is 17.7 Å². The van der Waals surface area contributed by atoms with Gasteiger partial charge < -0.3 is 25.4 Å². The minimum Gasteiger partial charge on any atom is -0.490 e. The summed E-state index contributed by atoms with van der Waals surface area (Å²) in [6.07, 6.45) is 13.7. The number of nitrogens with one attached hydrogen (secondary N) is 6. The van der Waals surface area contributed by atoms with E-state index in [0.29, 0.717) is 97.0 Å². The molecule has 0 spiro atoms. The van der Waals surface area contributed by atoms with Crippen molar-refractivity contribution in [3.8, 4) is 11.5 Å². The number of hydrogen-bond donors (Lipinski definition) is 6. The number of pyridine rings is 1. The molecule has 3 amide bonds. The number of thioether (sulfide) groups is 3. The second kappa shape index (κ2) is 32.7. The number of carbonyl (C=O) groups excluding carboxylic acids is 3. The van der Waals surface area contributed by atoms with Gasteiger partial charge in [0.05, 0.1) is 63.5 Å². The number of aryl methyl sites for hydroxylation is 1. The van der Waals surface area contributed by atoms with Crippen LogP contribution in [0.2, 0.25) is 10.0 Å². The van der Waals surface area contributed by atoms with Crippen LogP contribution in [0.4, 0.5) is 17.1 Å². The number of H-pyrrole nitrogens is 3. The van der Waals surface area contributed by atoms with E-state index in [1.54, 1.807) is 78.1 Å². The van der Waals surface area contributed by atoms with Gasteiger partial charge in [-0.2, -0.15) is 15.3 Å². The van der Waals surface area contributed by atoms with E-state index in [-0.39, 0.29) is 17.7 Å². The maximum atomic E-state index is 13.0. The van der Waals surface area contributed by atoms with Gasteiger partial charge in [-0.1, -0.05) is 92.4 Å². The number of halogens is 2. The van der Waals surface area contributed by atoms with Crippen molar-refractivity contribution in [1.29, 1.82) is 0 Å². The fraction of sp³-hybridized carbons (Fsp3) is 0.174. The summed E-state index contributed by atoms with van der Waals surface area (Å²) in [6, 6.07) is 42.9. The molecule has 0 bridgehead atoms. The Balaban J connectivity index is 0.000000146. The summed E-state index contributed by atoms with van der Waals surface area (Å²) in [4.78, 5) is 68.4. The minimum absolute atomic E-state index is 0.148. The Morgan fingerprint density at radius 2 is 0.895 bits per heavy atom. The molecule has 13 aromatic rings. The zero-order valence-corrected chi connectivity index (χ0v) is 55.6. The number of carbonyl (C=O) groups is 3. The van der Waals surface area contributed by atoms with Crippen LogP contribution in [-0.2, 0) is 17.3 Å². The quantitative estimate of drug-likeness (QED) is 0.0197. The third-order valence-corrected chi connectivity index (χ3v) is 18.3. The molecule has 7 aromatic heterocycles. The van der Waals surface area contributed by atoms with E-state index < -0.39 is 0 Å². The van der Waals surface area contributed by atoms with E-state index >= 15 is 0 Å². The summed E-state index contributed by atoms with van der Waals surface area (Å²) in [6.45, 7) is 7.45. The third-order valence-electron chi connectivity index (χ3n) is 14.3. The van der Waals surface area contributed by atoms with E-state index in [9.17, 15) is 14.4 Å². The SMILES string of the molecule is CCCCOc1ccc(NC(=O)c2cccc(CSc3ncnc4[nH]ncc34)c2)cc1OCCCC.Cc1ccc2cc(NC(=O)c3cccc(CSc4ncnc5[nH]ncc45)c3)ccc2n1.O=C(Nc1ccc(Cl)c(Cl)c1)c1cccc(CSc2ncnc3[nH]ncc23)c1. The van der Waals surface area contributed by atoms with Gasteiger partial charge in [0.2, 0.25) is 0 Å². The van der Waals surface area contributed by atoms with Gasteiger partial charge >= 0.3 is 0 Å². The molecule has 0 aliphatic heterocycles. The first-order valence-corrected chi connectivity index (χ1v) is 33.9. The van der Waals surface area contributed by atoms with Crippen molar-refractivity contribution >= 4 is 137 Å². The summed E-state index contributed by atoms with van der Waals surface area (Å²) in [5.74, 6) is 2.81. The predicted molar refractivity (Wildman–Crippen MR) is 377 cm³/mol. The lowest BCUT2D eigenvalue weighted by Crippen LogP contribution is -2.12. The van der Waals surface area contributed by atoms with Crippen LogP contribution < -0.4 is 25.4 Å². The molecule has 0 unspecified atom stereocenters. The van der Waals surface area contributed by atoms with E-state index in [2.05, 4.69) is 95.3 Å². The number of rotatable bonds is 23. The lowest BCUT2D eigenvalue weighted by molar-refractivity contribution is 0.101. The molecule has 480 valence electrons. The Labute approximate surface area is 568 Å². The standard InChI is InChI=1S/C27H31N5O3S.C23H18N6OS.C19H13Cl2N5OS/c1-3-5-12-34-23-11-10-21(15-24(23)35-13-6-4-2)31-26(33)20-9-7-8-19(14-20)17-36-27-22-16-30-32-25(22)28-18-29-27;1-14-5-6-16-10-18(7-8-20(16)27-14)28-22(30)17-4-2-3-15(9-17)12-31-23-19-11-26-29-21(19)24-13-25-23;20-15-5-4-13(7-16(15)21)25-18(27)12-3-1-2-11(6-12)9-28-19-14-8-24-26-17(14)22-10-23-19/h7-11,14-16,18H,3-6,12-13,17H2,1-2H3,(H,31,33)(H,28,29,30,32);2-11,13H,12H2,1H3,(H,28,30)(H,24,25,26,29);1-8,10H,9H2,(H,25,27)(H,22,23,24,26). The number of aromatic nitrogens is 13. The Kier molecular flexibility index (Phi) is 22.9.